The number of anilines is 4. The molecule has 3 heterocycles. The minimum atomic E-state index is -0.178. The van der Waals surface area contributed by atoms with Gasteiger partial charge in [0.1, 0.15) is 5.82 Å². The van der Waals surface area contributed by atoms with Crippen LogP contribution in [0, 0.1) is 5.92 Å². The first-order valence-electron chi connectivity index (χ1n) is 10.1. The number of aromatic nitrogens is 2. The van der Waals surface area contributed by atoms with Gasteiger partial charge in [-0.25, -0.2) is 4.98 Å². The Morgan fingerprint density at radius 2 is 1.83 bits per heavy atom. The second kappa shape index (κ2) is 7.51. The van der Waals surface area contributed by atoms with Crippen LogP contribution in [0.4, 0.5) is 23.1 Å². The van der Waals surface area contributed by atoms with Crippen molar-refractivity contribution in [3.05, 3.63) is 35.7 Å². The average Bonchev–Trinajstić information content (AvgIpc) is 3.42. The van der Waals surface area contributed by atoms with Crippen molar-refractivity contribution in [3.8, 4) is 0 Å². The van der Waals surface area contributed by atoms with Crippen LogP contribution in [-0.4, -0.2) is 35.0 Å². The lowest BCUT2D eigenvalue weighted by Gasteiger charge is -2.32. The molecule has 1 saturated carbocycles. The summed E-state index contributed by atoms with van der Waals surface area (Å²) in [5.74, 6) is 1.36. The van der Waals surface area contributed by atoms with Crippen molar-refractivity contribution >= 4 is 50.6 Å². The van der Waals surface area contributed by atoms with Crippen molar-refractivity contribution < 1.29 is 4.79 Å². The highest BCUT2D eigenvalue weighted by Crippen LogP contribution is 2.32. The van der Waals surface area contributed by atoms with Gasteiger partial charge in [-0.05, 0) is 61.4 Å². The molecule has 8 heteroatoms. The third kappa shape index (κ3) is 3.98. The van der Waals surface area contributed by atoms with E-state index in [9.17, 15) is 4.79 Å². The van der Waals surface area contributed by atoms with E-state index >= 15 is 0 Å². The zero-order valence-electron chi connectivity index (χ0n) is 16.1. The van der Waals surface area contributed by atoms with Crippen LogP contribution in [0.15, 0.2) is 35.7 Å². The Morgan fingerprint density at radius 3 is 2.52 bits per heavy atom. The fourth-order valence-electron chi connectivity index (χ4n) is 3.75. The fourth-order valence-corrected chi connectivity index (χ4v) is 4.53. The summed E-state index contributed by atoms with van der Waals surface area (Å²) in [6.45, 7) is 1.71. The van der Waals surface area contributed by atoms with Gasteiger partial charge in [-0.1, -0.05) is 0 Å². The first kappa shape index (κ1) is 18.2. The largest absolute Gasteiger partial charge is 0.371 e. The number of rotatable bonds is 6. The molecule has 0 radical (unpaired) electrons. The van der Waals surface area contributed by atoms with E-state index in [2.05, 4.69) is 38.0 Å². The first-order chi connectivity index (χ1) is 14.2. The Hall–Kier alpha value is -2.87. The highest BCUT2D eigenvalue weighted by molar-refractivity contribution is 7.17. The number of benzene rings is 1. The minimum Gasteiger partial charge on any atom is -0.371 e. The van der Waals surface area contributed by atoms with Gasteiger partial charge in [-0.2, -0.15) is 4.98 Å². The summed E-state index contributed by atoms with van der Waals surface area (Å²) in [5, 5.41) is 8.90. The summed E-state index contributed by atoms with van der Waals surface area (Å²) in [4.78, 5) is 23.0. The lowest BCUT2D eigenvalue weighted by molar-refractivity contribution is -0.122. The Kier molecular flexibility index (Phi) is 4.71. The molecular weight excluding hydrogens is 384 g/mol. The molecule has 4 N–H and O–H groups in total. The van der Waals surface area contributed by atoms with E-state index in [1.165, 1.54) is 12.8 Å². The number of carbonyl (C=O) groups is 1. The smallest absolute Gasteiger partial charge is 0.229 e. The first-order valence-corrected chi connectivity index (χ1v) is 11.0. The molecule has 0 atom stereocenters. The summed E-state index contributed by atoms with van der Waals surface area (Å²) in [7, 11) is 0. The van der Waals surface area contributed by atoms with Gasteiger partial charge in [-0.3, -0.25) is 4.79 Å². The monoisotopic (exact) mass is 408 g/mol. The predicted octanol–water partition coefficient (Wildman–Crippen LogP) is 3.71. The van der Waals surface area contributed by atoms with Gasteiger partial charge in [0.05, 0.1) is 10.2 Å². The maximum atomic E-state index is 11.3. The number of fused-ring (bicyclic) bond motifs is 1. The van der Waals surface area contributed by atoms with Crippen molar-refractivity contribution in [2.75, 3.05) is 28.6 Å². The number of nitrogens with one attached hydrogen (secondary N) is 2. The van der Waals surface area contributed by atoms with Crippen molar-refractivity contribution in [1.82, 2.24) is 9.97 Å². The number of carbonyl (C=O) groups excluding carboxylic acids is 1. The third-order valence-electron chi connectivity index (χ3n) is 5.61. The van der Waals surface area contributed by atoms with Crippen LogP contribution < -0.4 is 21.3 Å². The van der Waals surface area contributed by atoms with E-state index in [0.717, 1.165) is 53.3 Å². The normalized spacial score (nSPS) is 17.4. The lowest BCUT2D eigenvalue weighted by Crippen LogP contribution is -2.38. The van der Waals surface area contributed by atoms with Crippen LogP contribution >= 0.6 is 11.3 Å². The van der Waals surface area contributed by atoms with E-state index in [-0.39, 0.29) is 11.8 Å². The summed E-state index contributed by atoms with van der Waals surface area (Å²) in [6.07, 6.45) is 4.05. The summed E-state index contributed by atoms with van der Waals surface area (Å²) >= 11 is 1.67. The van der Waals surface area contributed by atoms with Crippen LogP contribution in [0.5, 0.6) is 0 Å². The van der Waals surface area contributed by atoms with Gasteiger partial charge in [0.15, 0.2) is 0 Å². The molecule has 150 valence electrons. The fraction of sp³-hybridized carbons (Fsp3) is 0.381. The molecule has 1 amide bonds. The molecule has 7 nitrogen and oxygen atoms in total. The average molecular weight is 409 g/mol. The number of nitrogens with zero attached hydrogens (tertiary/aromatic N) is 3. The second-order valence-electron chi connectivity index (χ2n) is 7.78. The Balaban J connectivity index is 1.29. The molecule has 1 aromatic carbocycles. The van der Waals surface area contributed by atoms with E-state index in [1.807, 2.05) is 18.2 Å². The van der Waals surface area contributed by atoms with E-state index < -0.39 is 0 Å². The summed E-state index contributed by atoms with van der Waals surface area (Å²) < 4.78 is 1.11. The molecule has 0 spiro atoms. The standard InChI is InChI=1S/C21H24N6OS/c22-19(28)13-7-10-27(11-8-13)16-5-3-15(4-6-16)24-21-25-17-9-12-29-18(17)20(26-21)23-14-1-2-14/h3-6,9,12-14H,1-2,7-8,10-11H2,(H2,22,28)(H2,23,24,25,26). The van der Waals surface area contributed by atoms with Crippen LogP contribution in [0.25, 0.3) is 10.2 Å². The Labute approximate surface area is 173 Å². The summed E-state index contributed by atoms with van der Waals surface area (Å²) in [5.41, 5.74) is 8.50. The molecule has 2 aromatic heterocycles. The topological polar surface area (TPSA) is 96.2 Å². The molecule has 0 unspecified atom stereocenters. The molecule has 3 aromatic rings. The van der Waals surface area contributed by atoms with Gasteiger partial charge < -0.3 is 21.3 Å². The number of amides is 1. The summed E-state index contributed by atoms with van der Waals surface area (Å²) in [6, 6.07) is 10.9. The molecule has 1 saturated heterocycles. The number of hydrogen-bond donors (Lipinski definition) is 3. The van der Waals surface area contributed by atoms with Crippen molar-refractivity contribution in [3.63, 3.8) is 0 Å². The number of hydrogen-bond acceptors (Lipinski definition) is 7. The zero-order chi connectivity index (χ0) is 19.8. The number of thiophene rings is 1. The molecule has 2 fully saturated rings. The van der Waals surface area contributed by atoms with Crippen molar-refractivity contribution in [1.29, 1.82) is 0 Å². The molecule has 29 heavy (non-hydrogen) atoms. The van der Waals surface area contributed by atoms with Gasteiger partial charge in [-0.15, -0.1) is 11.3 Å². The molecule has 1 aliphatic carbocycles. The zero-order valence-corrected chi connectivity index (χ0v) is 16.9. The molecule has 5 rings (SSSR count). The van der Waals surface area contributed by atoms with Gasteiger partial charge in [0.2, 0.25) is 11.9 Å². The molecule has 1 aliphatic heterocycles. The van der Waals surface area contributed by atoms with E-state index in [4.69, 9.17) is 10.7 Å². The number of nitrogens with two attached hydrogens (primary N) is 1. The van der Waals surface area contributed by atoms with Gasteiger partial charge in [0.25, 0.3) is 0 Å². The maximum Gasteiger partial charge on any atom is 0.229 e. The predicted molar refractivity (Wildman–Crippen MR) is 118 cm³/mol. The minimum absolute atomic E-state index is 0.00908. The highest BCUT2D eigenvalue weighted by Gasteiger charge is 2.24. The third-order valence-corrected chi connectivity index (χ3v) is 6.52. The van der Waals surface area contributed by atoms with Gasteiger partial charge in [0, 0.05) is 36.4 Å². The molecule has 2 aliphatic rings. The number of primary amides is 1. The van der Waals surface area contributed by atoms with E-state index in [1.54, 1.807) is 11.3 Å². The molecular formula is C21H24N6OS. The van der Waals surface area contributed by atoms with Crippen molar-refractivity contribution in [2.45, 2.75) is 31.7 Å². The van der Waals surface area contributed by atoms with Crippen LogP contribution in [0.1, 0.15) is 25.7 Å². The maximum absolute atomic E-state index is 11.3. The second-order valence-corrected chi connectivity index (χ2v) is 8.70. The van der Waals surface area contributed by atoms with Crippen LogP contribution in [0.2, 0.25) is 0 Å². The Bertz CT molecular complexity index is 1020. The number of piperidine rings is 1. The lowest BCUT2D eigenvalue weighted by atomic mass is 9.96. The van der Waals surface area contributed by atoms with Crippen molar-refractivity contribution in [2.24, 2.45) is 11.7 Å². The SMILES string of the molecule is NC(=O)C1CCN(c2ccc(Nc3nc(NC4CC4)c4sccc4n3)cc2)CC1. The molecule has 0 bridgehead atoms. The van der Waals surface area contributed by atoms with Crippen LogP contribution in [-0.2, 0) is 4.79 Å². The van der Waals surface area contributed by atoms with Crippen LogP contribution in [0.3, 0.4) is 0 Å². The van der Waals surface area contributed by atoms with E-state index in [0.29, 0.717) is 12.0 Å². The highest BCUT2D eigenvalue weighted by atomic mass is 32.1. The van der Waals surface area contributed by atoms with Gasteiger partial charge >= 0.3 is 0 Å². The Morgan fingerprint density at radius 1 is 1.07 bits per heavy atom. The quantitative estimate of drug-likeness (QED) is 0.575.